The predicted octanol–water partition coefficient (Wildman–Crippen LogP) is 4.62. The third-order valence-electron chi connectivity index (χ3n) is 3.74. The summed E-state index contributed by atoms with van der Waals surface area (Å²) in [4.78, 5) is 11.5. The van der Waals surface area contributed by atoms with Crippen LogP contribution in [-0.2, 0) is 6.42 Å². The average molecular weight is 277 g/mol. The van der Waals surface area contributed by atoms with Crippen molar-refractivity contribution in [2.45, 2.75) is 20.3 Å². The third kappa shape index (κ3) is 2.62. The molecule has 0 bridgehead atoms. The van der Waals surface area contributed by atoms with E-state index in [2.05, 4.69) is 44.2 Å². The lowest BCUT2D eigenvalue weighted by molar-refractivity contribution is 0.111. The van der Waals surface area contributed by atoms with Gasteiger partial charge in [-0.2, -0.15) is 0 Å². The van der Waals surface area contributed by atoms with Gasteiger partial charge >= 0.3 is 0 Å². The van der Waals surface area contributed by atoms with E-state index in [4.69, 9.17) is 0 Å². The van der Waals surface area contributed by atoms with Crippen LogP contribution in [0.1, 0.15) is 29.9 Å². The molecule has 0 radical (unpaired) electrons. The lowest BCUT2D eigenvalue weighted by Crippen LogP contribution is -1.94. The van der Waals surface area contributed by atoms with Crippen LogP contribution in [0, 0.1) is 5.92 Å². The highest BCUT2D eigenvalue weighted by molar-refractivity contribution is 5.89. The molecule has 0 amide bonds. The fourth-order valence-electron chi connectivity index (χ4n) is 2.79. The first-order valence-electron chi connectivity index (χ1n) is 7.33. The quantitative estimate of drug-likeness (QED) is 0.638. The minimum atomic E-state index is 0.651. The van der Waals surface area contributed by atoms with E-state index in [-0.39, 0.29) is 0 Å². The Morgan fingerprint density at radius 1 is 1.10 bits per heavy atom. The van der Waals surface area contributed by atoms with Crippen LogP contribution in [0.5, 0.6) is 0 Å². The van der Waals surface area contributed by atoms with Gasteiger partial charge in [0.25, 0.3) is 0 Å². The molecule has 106 valence electrons. The van der Waals surface area contributed by atoms with Gasteiger partial charge in [0, 0.05) is 17.3 Å². The van der Waals surface area contributed by atoms with Crippen LogP contribution in [0.4, 0.5) is 0 Å². The molecule has 21 heavy (non-hydrogen) atoms. The van der Waals surface area contributed by atoms with E-state index in [1.165, 1.54) is 5.56 Å². The monoisotopic (exact) mass is 277 g/mol. The van der Waals surface area contributed by atoms with E-state index in [0.717, 1.165) is 29.4 Å². The number of aromatic nitrogens is 1. The van der Waals surface area contributed by atoms with Crippen molar-refractivity contribution in [1.29, 1.82) is 0 Å². The van der Waals surface area contributed by atoms with Gasteiger partial charge in [0.15, 0.2) is 6.29 Å². The Balaban J connectivity index is 2.05. The summed E-state index contributed by atoms with van der Waals surface area (Å²) >= 11 is 0. The number of rotatable bonds is 4. The Bertz CT molecular complexity index is 766. The fraction of sp³-hybridized carbons (Fsp3) is 0.211. The van der Waals surface area contributed by atoms with Crippen molar-refractivity contribution in [2.75, 3.05) is 0 Å². The third-order valence-corrected chi connectivity index (χ3v) is 3.74. The maximum atomic E-state index is 11.5. The first kappa shape index (κ1) is 13.6. The SMILES string of the molecule is CC(C)Cc1ccc(-c2cc3ccccn3c2C=O)cc1. The van der Waals surface area contributed by atoms with Crippen molar-refractivity contribution in [1.82, 2.24) is 4.40 Å². The normalized spacial score (nSPS) is 11.2. The van der Waals surface area contributed by atoms with E-state index >= 15 is 0 Å². The first-order chi connectivity index (χ1) is 10.2. The van der Waals surface area contributed by atoms with Crippen molar-refractivity contribution in [2.24, 2.45) is 5.92 Å². The number of fused-ring (bicyclic) bond motifs is 1. The average Bonchev–Trinajstić information content (AvgIpc) is 2.86. The van der Waals surface area contributed by atoms with Gasteiger partial charge in [-0.3, -0.25) is 4.79 Å². The highest BCUT2D eigenvalue weighted by Gasteiger charge is 2.11. The molecule has 0 aliphatic carbocycles. The van der Waals surface area contributed by atoms with E-state index in [1.54, 1.807) is 0 Å². The Labute approximate surface area is 125 Å². The number of hydrogen-bond acceptors (Lipinski definition) is 1. The van der Waals surface area contributed by atoms with Crippen LogP contribution in [0.25, 0.3) is 16.6 Å². The number of nitrogens with zero attached hydrogens (tertiary/aromatic N) is 1. The molecule has 0 aliphatic rings. The Hall–Kier alpha value is -2.35. The first-order valence-corrected chi connectivity index (χ1v) is 7.33. The van der Waals surface area contributed by atoms with Crippen molar-refractivity contribution in [3.05, 3.63) is 66.0 Å². The molecule has 2 nitrogen and oxygen atoms in total. The Kier molecular flexibility index (Phi) is 3.61. The van der Waals surface area contributed by atoms with Gasteiger partial charge in [0.2, 0.25) is 0 Å². The van der Waals surface area contributed by atoms with Gasteiger partial charge in [0.1, 0.15) is 0 Å². The summed E-state index contributed by atoms with van der Waals surface area (Å²) in [6.07, 6.45) is 3.94. The highest BCUT2D eigenvalue weighted by Crippen LogP contribution is 2.27. The Morgan fingerprint density at radius 2 is 1.86 bits per heavy atom. The van der Waals surface area contributed by atoms with Crippen LogP contribution in [0.2, 0.25) is 0 Å². The van der Waals surface area contributed by atoms with Crippen LogP contribution >= 0.6 is 0 Å². The van der Waals surface area contributed by atoms with Crippen molar-refractivity contribution in [3.8, 4) is 11.1 Å². The summed E-state index contributed by atoms with van der Waals surface area (Å²) in [7, 11) is 0. The number of aldehydes is 1. The molecule has 3 aromatic rings. The molecular formula is C19H19NO. The van der Waals surface area contributed by atoms with Gasteiger partial charge in [-0.05, 0) is 41.7 Å². The molecule has 2 heteroatoms. The topological polar surface area (TPSA) is 21.5 Å². The molecule has 0 unspecified atom stereocenters. The largest absolute Gasteiger partial charge is 0.314 e. The number of hydrogen-bond donors (Lipinski definition) is 0. The smallest absolute Gasteiger partial charge is 0.167 e. The van der Waals surface area contributed by atoms with Crippen LogP contribution in [0.3, 0.4) is 0 Å². The molecule has 0 atom stereocenters. The number of carbonyl (C=O) groups is 1. The standard InChI is InChI=1S/C19H19NO/c1-14(2)11-15-6-8-16(9-7-15)18-12-17-5-3-4-10-20(17)19(18)13-21/h3-10,12-14H,11H2,1-2H3. The van der Waals surface area contributed by atoms with Crippen molar-refractivity contribution < 1.29 is 4.79 Å². The number of benzene rings is 1. The Morgan fingerprint density at radius 3 is 2.52 bits per heavy atom. The predicted molar refractivity (Wildman–Crippen MR) is 86.8 cm³/mol. The zero-order valence-electron chi connectivity index (χ0n) is 12.4. The molecule has 0 spiro atoms. The second-order valence-corrected chi connectivity index (χ2v) is 5.85. The summed E-state index contributed by atoms with van der Waals surface area (Å²) < 4.78 is 1.93. The molecule has 0 aliphatic heterocycles. The molecule has 1 aromatic carbocycles. The molecule has 0 saturated carbocycles. The molecule has 2 heterocycles. The summed E-state index contributed by atoms with van der Waals surface area (Å²) in [6, 6.07) is 16.6. The maximum Gasteiger partial charge on any atom is 0.167 e. The minimum absolute atomic E-state index is 0.651. The van der Waals surface area contributed by atoms with Crippen LogP contribution in [0.15, 0.2) is 54.7 Å². The lowest BCUT2D eigenvalue weighted by Gasteiger charge is -2.06. The second-order valence-electron chi connectivity index (χ2n) is 5.85. The van der Waals surface area contributed by atoms with Gasteiger partial charge < -0.3 is 4.40 Å². The minimum Gasteiger partial charge on any atom is -0.314 e. The van der Waals surface area contributed by atoms with E-state index in [9.17, 15) is 4.79 Å². The van der Waals surface area contributed by atoms with Gasteiger partial charge in [0.05, 0.1) is 5.69 Å². The number of pyridine rings is 1. The highest BCUT2D eigenvalue weighted by atomic mass is 16.1. The molecule has 3 rings (SSSR count). The molecule has 0 fully saturated rings. The number of carbonyl (C=O) groups excluding carboxylic acids is 1. The van der Waals surface area contributed by atoms with Crippen LogP contribution in [-0.4, -0.2) is 10.7 Å². The maximum absolute atomic E-state index is 11.5. The molecule has 2 aromatic heterocycles. The van der Waals surface area contributed by atoms with E-state index in [0.29, 0.717) is 11.6 Å². The van der Waals surface area contributed by atoms with E-state index in [1.807, 2.05) is 28.8 Å². The zero-order chi connectivity index (χ0) is 14.8. The second kappa shape index (κ2) is 5.57. The van der Waals surface area contributed by atoms with Crippen molar-refractivity contribution in [3.63, 3.8) is 0 Å². The molecule has 0 saturated heterocycles. The summed E-state index contributed by atoms with van der Waals surface area (Å²) in [5.74, 6) is 0.651. The van der Waals surface area contributed by atoms with Crippen LogP contribution < -0.4 is 0 Å². The molecular weight excluding hydrogens is 258 g/mol. The van der Waals surface area contributed by atoms with Gasteiger partial charge in [-0.15, -0.1) is 0 Å². The fourth-order valence-corrected chi connectivity index (χ4v) is 2.79. The molecule has 0 N–H and O–H groups in total. The van der Waals surface area contributed by atoms with E-state index < -0.39 is 0 Å². The van der Waals surface area contributed by atoms with Crippen molar-refractivity contribution >= 4 is 11.8 Å². The summed E-state index contributed by atoms with van der Waals surface area (Å²) in [5, 5.41) is 0. The lowest BCUT2D eigenvalue weighted by atomic mass is 9.99. The van der Waals surface area contributed by atoms with Gasteiger partial charge in [-0.1, -0.05) is 44.2 Å². The summed E-state index contributed by atoms with van der Waals surface area (Å²) in [5.41, 5.74) is 5.17. The zero-order valence-corrected chi connectivity index (χ0v) is 12.4. The summed E-state index contributed by atoms with van der Waals surface area (Å²) in [6.45, 7) is 4.44. The van der Waals surface area contributed by atoms with Gasteiger partial charge in [-0.25, -0.2) is 0 Å².